The number of fused-ring (bicyclic) bond motifs is 1. The summed E-state index contributed by atoms with van der Waals surface area (Å²) in [4.78, 5) is 23.2. The normalized spacial score (nSPS) is 16.3. The second-order valence-corrected chi connectivity index (χ2v) is 6.88. The first-order valence-corrected chi connectivity index (χ1v) is 9.23. The highest BCUT2D eigenvalue weighted by Gasteiger charge is 2.24. The lowest BCUT2D eigenvalue weighted by atomic mass is 10.0. The molecule has 1 aliphatic carbocycles. The first-order chi connectivity index (χ1) is 13.2. The van der Waals surface area contributed by atoms with Crippen LogP contribution in [0.2, 0.25) is 0 Å². The van der Waals surface area contributed by atoms with E-state index in [1.165, 1.54) is 12.1 Å². The van der Waals surface area contributed by atoms with Crippen molar-refractivity contribution < 1.29 is 9.18 Å². The van der Waals surface area contributed by atoms with Gasteiger partial charge in [0.2, 0.25) is 0 Å². The molecule has 4 rings (SSSR count). The summed E-state index contributed by atoms with van der Waals surface area (Å²) in [6, 6.07) is 6.07. The van der Waals surface area contributed by atoms with Crippen LogP contribution >= 0.6 is 0 Å². The Kier molecular flexibility index (Phi) is 5.00. The number of rotatable bonds is 4. The summed E-state index contributed by atoms with van der Waals surface area (Å²) < 4.78 is 12.9. The van der Waals surface area contributed by atoms with Crippen LogP contribution in [0.5, 0.6) is 0 Å². The van der Waals surface area contributed by atoms with E-state index < -0.39 is 0 Å². The highest BCUT2D eigenvalue weighted by atomic mass is 19.1. The molecule has 7 heteroatoms. The maximum Gasteiger partial charge on any atom is 0.315 e. The van der Waals surface area contributed by atoms with Gasteiger partial charge in [0.25, 0.3) is 0 Å². The number of allylic oxidation sites excluding steroid dienone is 1. The zero-order chi connectivity index (χ0) is 18.6. The van der Waals surface area contributed by atoms with Gasteiger partial charge in [-0.25, -0.2) is 19.2 Å². The predicted octanol–water partition coefficient (Wildman–Crippen LogP) is 2.65. The van der Waals surface area contributed by atoms with Crippen LogP contribution in [0.15, 0.2) is 36.7 Å². The number of aromatic nitrogens is 2. The van der Waals surface area contributed by atoms with Gasteiger partial charge in [-0.15, -0.1) is 0 Å². The van der Waals surface area contributed by atoms with E-state index in [4.69, 9.17) is 0 Å². The number of halogens is 1. The summed E-state index contributed by atoms with van der Waals surface area (Å²) in [5.41, 5.74) is 3.08. The van der Waals surface area contributed by atoms with E-state index in [-0.39, 0.29) is 17.9 Å². The Hall–Kier alpha value is -2.96. The van der Waals surface area contributed by atoms with Crippen LogP contribution in [0, 0.1) is 5.82 Å². The highest BCUT2D eigenvalue weighted by molar-refractivity contribution is 5.74. The molecule has 0 atom stereocenters. The molecule has 1 saturated heterocycles. The number of urea groups is 1. The summed E-state index contributed by atoms with van der Waals surface area (Å²) in [6.45, 7) is 2.07. The monoisotopic (exact) mass is 367 g/mol. The summed E-state index contributed by atoms with van der Waals surface area (Å²) in [7, 11) is 0. The number of benzene rings is 1. The molecule has 2 aromatic rings. The Morgan fingerprint density at radius 2 is 1.96 bits per heavy atom. The predicted molar refractivity (Wildman–Crippen MR) is 102 cm³/mol. The van der Waals surface area contributed by atoms with E-state index in [2.05, 4.69) is 37.7 Å². The zero-order valence-corrected chi connectivity index (χ0v) is 15.0. The Bertz CT molecular complexity index is 844. The number of carbonyl (C=O) groups is 1. The van der Waals surface area contributed by atoms with E-state index in [0.717, 1.165) is 55.0 Å². The number of nitrogens with one attached hydrogen (secondary N) is 2. The standard InChI is InChI=1S/C20H22FN5O/c21-15-6-4-14(5-7-15)12-22-20(27)25-16-8-10-26(11-9-16)19-17-2-1-3-18(17)23-13-24-19/h1-2,4-7,13,16H,3,8-12H2,(H2,22,25,27). The van der Waals surface area contributed by atoms with Crippen molar-refractivity contribution in [1.29, 1.82) is 0 Å². The van der Waals surface area contributed by atoms with E-state index in [0.29, 0.717) is 6.54 Å². The number of piperidine rings is 1. The summed E-state index contributed by atoms with van der Waals surface area (Å²) in [6.07, 6.45) is 8.45. The van der Waals surface area contributed by atoms with Gasteiger partial charge in [0, 0.05) is 37.7 Å². The second-order valence-electron chi connectivity index (χ2n) is 6.88. The van der Waals surface area contributed by atoms with Crippen molar-refractivity contribution in [2.45, 2.75) is 31.8 Å². The zero-order valence-electron chi connectivity index (χ0n) is 15.0. The molecule has 140 valence electrons. The van der Waals surface area contributed by atoms with Crippen LogP contribution in [0.4, 0.5) is 15.0 Å². The minimum Gasteiger partial charge on any atom is -0.356 e. The van der Waals surface area contributed by atoms with Crippen LogP contribution in [0.3, 0.4) is 0 Å². The largest absolute Gasteiger partial charge is 0.356 e. The van der Waals surface area contributed by atoms with Crippen molar-refractivity contribution in [3.05, 3.63) is 59.3 Å². The van der Waals surface area contributed by atoms with Gasteiger partial charge in [-0.05, 0) is 30.5 Å². The fraction of sp³-hybridized carbons (Fsp3) is 0.350. The molecule has 0 radical (unpaired) electrons. The van der Waals surface area contributed by atoms with Crippen molar-refractivity contribution in [2.75, 3.05) is 18.0 Å². The van der Waals surface area contributed by atoms with Gasteiger partial charge in [0.15, 0.2) is 0 Å². The molecule has 0 spiro atoms. The quantitative estimate of drug-likeness (QED) is 0.872. The van der Waals surface area contributed by atoms with E-state index in [9.17, 15) is 9.18 Å². The summed E-state index contributed by atoms with van der Waals surface area (Å²) >= 11 is 0. The lowest BCUT2D eigenvalue weighted by molar-refractivity contribution is 0.234. The molecular weight excluding hydrogens is 345 g/mol. The van der Waals surface area contributed by atoms with E-state index >= 15 is 0 Å². The van der Waals surface area contributed by atoms with Crippen LogP contribution in [0.1, 0.15) is 29.7 Å². The molecule has 0 saturated carbocycles. The molecule has 1 aromatic heterocycles. The lowest BCUT2D eigenvalue weighted by Crippen LogP contribution is -2.48. The van der Waals surface area contributed by atoms with Crippen molar-refractivity contribution >= 4 is 17.9 Å². The fourth-order valence-electron chi connectivity index (χ4n) is 3.55. The van der Waals surface area contributed by atoms with Crippen LogP contribution in [-0.2, 0) is 13.0 Å². The average Bonchev–Trinajstić information content (AvgIpc) is 3.17. The van der Waals surface area contributed by atoms with Crippen molar-refractivity contribution in [3.63, 3.8) is 0 Å². The average molecular weight is 367 g/mol. The number of nitrogens with zero attached hydrogens (tertiary/aromatic N) is 3. The van der Waals surface area contributed by atoms with Gasteiger partial charge >= 0.3 is 6.03 Å². The summed E-state index contributed by atoms with van der Waals surface area (Å²) in [5, 5.41) is 5.85. The van der Waals surface area contributed by atoms with Crippen molar-refractivity contribution in [1.82, 2.24) is 20.6 Å². The minimum atomic E-state index is -0.278. The highest BCUT2D eigenvalue weighted by Crippen LogP contribution is 2.28. The Morgan fingerprint density at radius 1 is 1.19 bits per heavy atom. The maximum absolute atomic E-state index is 12.9. The van der Waals surface area contributed by atoms with E-state index in [1.54, 1.807) is 18.5 Å². The smallest absolute Gasteiger partial charge is 0.315 e. The third-order valence-corrected chi connectivity index (χ3v) is 5.04. The molecule has 2 amide bonds. The molecule has 6 nitrogen and oxygen atoms in total. The third kappa shape index (κ3) is 4.07. The van der Waals surface area contributed by atoms with Gasteiger partial charge in [0.05, 0.1) is 5.69 Å². The number of hydrogen-bond acceptors (Lipinski definition) is 4. The molecule has 2 N–H and O–H groups in total. The third-order valence-electron chi connectivity index (χ3n) is 5.04. The number of anilines is 1. The van der Waals surface area contributed by atoms with E-state index in [1.807, 2.05) is 0 Å². The SMILES string of the molecule is O=C(NCc1ccc(F)cc1)NC1CCN(c2ncnc3c2C=CC3)CC1. The Balaban J connectivity index is 1.26. The number of amides is 2. The molecule has 27 heavy (non-hydrogen) atoms. The van der Waals surface area contributed by atoms with Gasteiger partial charge in [0.1, 0.15) is 18.0 Å². The molecule has 1 aromatic carbocycles. The topological polar surface area (TPSA) is 70.2 Å². The van der Waals surface area contributed by atoms with Gasteiger partial charge in [-0.1, -0.05) is 24.3 Å². The summed E-state index contributed by atoms with van der Waals surface area (Å²) in [5.74, 6) is 0.716. The molecule has 2 heterocycles. The van der Waals surface area contributed by atoms with Crippen LogP contribution < -0.4 is 15.5 Å². The first-order valence-electron chi connectivity index (χ1n) is 9.23. The van der Waals surface area contributed by atoms with Crippen molar-refractivity contribution in [2.24, 2.45) is 0 Å². The first kappa shape index (κ1) is 17.5. The number of carbonyl (C=O) groups excluding carboxylic acids is 1. The van der Waals surface area contributed by atoms with Gasteiger partial charge < -0.3 is 15.5 Å². The van der Waals surface area contributed by atoms with Crippen LogP contribution in [0.25, 0.3) is 6.08 Å². The minimum absolute atomic E-state index is 0.139. The molecular formula is C20H22FN5O. The van der Waals surface area contributed by atoms with Gasteiger partial charge in [-0.2, -0.15) is 0 Å². The molecule has 1 fully saturated rings. The maximum atomic E-state index is 12.9. The number of hydrogen-bond donors (Lipinski definition) is 2. The molecule has 0 bridgehead atoms. The molecule has 0 unspecified atom stereocenters. The Labute approximate surface area is 157 Å². The second kappa shape index (κ2) is 7.73. The fourth-order valence-corrected chi connectivity index (χ4v) is 3.55. The molecule has 1 aliphatic heterocycles. The lowest BCUT2D eigenvalue weighted by Gasteiger charge is -2.33. The van der Waals surface area contributed by atoms with Crippen LogP contribution in [-0.4, -0.2) is 35.1 Å². The van der Waals surface area contributed by atoms with Gasteiger partial charge in [-0.3, -0.25) is 0 Å². The Morgan fingerprint density at radius 3 is 2.74 bits per heavy atom. The molecule has 2 aliphatic rings. The van der Waals surface area contributed by atoms with Crippen molar-refractivity contribution in [3.8, 4) is 0 Å².